The Bertz CT molecular complexity index is 7400. The first kappa shape index (κ1) is 72.6. The molecule has 0 bridgehead atoms. The summed E-state index contributed by atoms with van der Waals surface area (Å²) >= 11 is 7.47. The Hall–Kier alpha value is -10.1. The van der Waals surface area contributed by atoms with Crippen molar-refractivity contribution in [1.82, 2.24) is 0 Å². The monoisotopic (exact) mass is 1560 g/mol. The summed E-state index contributed by atoms with van der Waals surface area (Å²) in [5, 5.41) is 25.5. The van der Waals surface area contributed by atoms with E-state index in [-0.39, 0.29) is 36.6 Å². The summed E-state index contributed by atoms with van der Waals surface area (Å²) in [7, 11) is -1.14. The molecule has 115 heavy (non-hydrogen) atoms. The van der Waals surface area contributed by atoms with Crippen molar-refractivity contribution in [3.63, 3.8) is 0 Å². The first-order valence-electron chi connectivity index (χ1n) is 39.9. The first-order chi connectivity index (χ1) is 55.3. The summed E-state index contributed by atoms with van der Waals surface area (Å²) in [5.41, 5.74) is 8.50. The van der Waals surface area contributed by atoms with Gasteiger partial charge in [-0.15, -0.1) is 45.3 Å². The van der Waals surface area contributed by atoms with Crippen LogP contribution in [-0.4, -0.2) is 55.0 Å². The van der Waals surface area contributed by atoms with E-state index in [0.29, 0.717) is 0 Å². The second-order valence-corrected chi connectivity index (χ2v) is 38.9. The molecule has 3 aliphatic rings. The largest absolute Gasteiger partial charge is 0.496 e. The third-order valence-corrected chi connectivity index (χ3v) is 30.3. The van der Waals surface area contributed by atoms with Gasteiger partial charge < -0.3 is 27.9 Å². The lowest BCUT2D eigenvalue weighted by molar-refractivity contribution is 0.00578. The van der Waals surface area contributed by atoms with Crippen LogP contribution in [0.25, 0.3) is 179 Å². The lowest BCUT2D eigenvalue weighted by Gasteiger charge is -2.32. The van der Waals surface area contributed by atoms with Gasteiger partial charge in [0.05, 0.1) is 33.6 Å². The Morgan fingerprint density at radius 3 is 1.19 bits per heavy atom. The third-order valence-electron chi connectivity index (χ3n) is 25.8. The molecule has 0 N–H and O–H groups in total. The maximum absolute atomic E-state index is 6.69. The average Bonchev–Trinajstić information content (AvgIpc) is 1.60. The lowest BCUT2D eigenvalue weighted by Crippen LogP contribution is -2.41. The van der Waals surface area contributed by atoms with Crippen LogP contribution in [0.4, 0.5) is 0 Å². The van der Waals surface area contributed by atoms with Crippen molar-refractivity contribution in [3.05, 3.63) is 285 Å². The van der Waals surface area contributed by atoms with Crippen LogP contribution >= 0.6 is 45.3 Å². The van der Waals surface area contributed by atoms with E-state index in [1.165, 1.54) is 179 Å². The van der Waals surface area contributed by atoms with Gasteiger partial charge in [-0.25, -0.2) is 0 Å². The van der Waals surface area contributed by atoms with Gasteiger partial charge >= 0.3 is 21.4 Å². The van der Waals surface area contributed by atoms with Crippen molar-refractivity contribution in [2.24, 2.45) is 0 Å². The fraction of sp³-hybridized carbons (Fsp3) is 0.176. The number of benzene rings is 16. The highest BCUT2D eigenvalue weighted by molar-refractivity contribution is 7.27. The minimum Gasteiger partial charge on any atom is -0.399 e. The summed E-state index contributed by atoms with van der Waals surface area (Å²) in [6.45, 7) is 25.3. The molecule has 0 radical (unpaired) electrons. The van der Waals surface area contributed by atoms with Crippen molar-refractivity contribution in [2.45, 2.75) is 117 Å². The zero-order valence-corrected chi connectivity index (χ0v) is 69.7. The van der Waals surface area contributed by atoms with Crippen LogP contribution < -0.4 is 16.4 Å². The topological polar surface area (TPSA) is 55.4 Å². The van der Waals surface area contributed by atoms with Crippen LogP contribution in [0.5, 0.6) is 0 Å². The summed E-state index contributed by atoms with van der Waals surface area (Å²) in [4.78, 5) is 0. The lowest BCUT2D eigenvalue weighted by atomic mass is 9.73. The number of thiophene rings is 4. The molecule has 13 heteroatoms. The van der Waals surface area contributed by atoms with E-state index in [1.54, 1.807) is 0 Å². The smallest absolute Gasteiger partial charge is 0.399 e. The van der Waals surface area contributed by atoms with Crippen molar-refractivity contribution >= 4 is 228 Å². The second kappa shape index (κ2) is 26.7. The molecule has 3 fully saturated rings. The van der Waals surface area contributed by atoms with Crippen molar-refractivity contribution in [3.8, 4) is 33.4 Å². The molecule has 7 heterocycles. The molecule has 16 aromatic carbocycles. The van der Waals surface area contributed by atoms with E-state index in [0.717, 1.165) is 16.4 Å². The predicted octanol–water partition coefficient (Wildman–Crippen LogP) is 27.3. The van der Waals surface area contributed by atoms with Crippen LogP contribution in [0.2, 0.25) is 0 Å². The highest BCUT2D eigenvalue weighted by atomic mass is 32.1. The molecule has 0 atom stereocenters. The van der Waals surface area contributed by atoms with Gasteiger partial charge in [0.15, 0.2) is 0 Å². The first-order valence-corrected chi connectivity index (χ1v) is 43.2. The van der Waals surface area contributed by atoms with Gasteiger partial charge in [-0.05, 0) is 288 Å². The Morgan fingerprint density at radius 1 is 0.200 bits per heavy atom. The minimum absolute atomic E-state index is 0.343. The van der Waals surface area contributed by atoms with Crippen molar-refractivity contribution in [1.29, 1.82) is 0 Å². The number of rotatable bonds is 6. The standard InChI is InChI=1S/C38H29BO2S2.2C32H27BO2S/c1-37(2)38(3,4)41-39(40-37)36-27-12-8-7-11-26(27)21-34-35(36)30-19-25(14-16-32(30)43-34)24-13-15-31-28(18-24)29-17-22-9-5-6-10-23(22)20-33(29)42-31;1-31(2)32(3,4)35-33(34-31)24-14-15-26-21(17-24)8-7-10-25(26)22-13-12-20-19-30-28(18-23(20)16-22)27-9-5-6-11-29(27)36-30;1-31(2)32(3,4)35-33(34-31)25-15-14-22-16-24(13-12-23(22)17-25)26-10-7-11-28-30(26)27-18-20-8-5-6-9-21(20)19-29(27)36-28/h5-21H,1-4H3;2*5-19H,1-4H3. The molecule has 560 valence electrons. The highest BCUT2D eigenvalue weighted by Gasteiger charge is 2.54. The zero-order valence-electron chi connectivity index (χ0n) is 66.4. The molecule has 0 amide bonds. The maximum Gasteiger partial charge on any atom is 0.496 e. The van der Waals surface area contributed by atoms with E-state index in [4.69, 9.17) is 27.9 Å². The minimum atomic E-state index is -0.441. The fourth-order valence-electron chi connectivity index (χ4n) is 17.3. The molecular weight excluding hydrogens is 1480 g/mol. The molecule has 0 aliphatic carbocycles. The van der Waals surface area contributed by atoms with Crippen LogP contribution in [0.3, 0.4) is 0 Å². The van der Waals surface area contributed by atoms with Gasteiger partial charge in [0, 0.05) is 80.7 Å². The molecule has 4 aromatic heterocycles. The van der Waals surface area contributed by atoms with Crippen LogP contribution in [-0.2, 0) is 27.9 Å². The quantitative estimate of drug-likeness (QED) is 0.155. The van der Waals surface area contributed by atoms with Crippen LogP contribution in [0.1, 0.15) is 83.1 Å². The predicted molar refractivity (Wildman–Crippen MR) is 499 cm³/mol. The average molecular weight is 1570 g/mol. The van der Waals surface area contributed by atoms with Crippen molar-refractivity contribution < 1.29 is 27.9 Å². The van der Waals surface area contributed by atoms with Gasteiger partial charge in [0.25, 0.3) is 0 Å². The van der Waals surface area contributed by atoms with E-state index in [1.807, 2.05) is 45.3 Å². The van der Waals surface area contributed by atoms with E-state index >= 15 is 0 Å². The highest BCUT2D eigenvalue weighted by Crippen LogP contribution is 2.48. The van der Waals surface area contributed by atoms with Gasteiger partial charge in [-0.1, -0.05) is 194 Å². The molecule has 0 unspecified atom stereocenters. The molecule has 23 rings (SSSR count). The normalized spacial score (nSPS) is 16.9. The van der Waals surface area contributed by atoms with Crippen molar-refractivity contribution in [2.75, 3.05) is 0 Å². The van der Waals surface area contributed by atoms with Gasteiger partial charge in [0.1, 0.15) is 0 Å². The molecular formula is C102H83B3O6S4. The molecule has 0 saturated carbocycles. The molecule has 20 aromatic rings. The maximum atomic E-state index is 6.69. The SMILES string of the molecule is CC1(C)OB(c2c3ccccc3cc3sc4ccc(-c5ccc6sc7cc8ccccc8cc7c6c5)cc4c23)OC1(C)C.CC1(C)OB(c2ccc3c(-c4ccc5cc6sc7ccccc7c6cc5c4)cccc3c2)OC1(C)C.CC1(C)OB(c2ccc3cc(-c4cccc5sc6cc7ccccc7cc6c45)ccc3c2)OC1(C)C. The Labute approximate surface area is 686 Å². The zero-order chi connectivity index (χ0) is 78.4. The van der Waals surface area contributed by atoms with Crippen LogP contribution in [0, 0.1) is 0 Å². The molecule has 6 nitrogen and oxygen atoms in total. The number of fused-ring (bicyclic) bond motifs is 18. The van der Waals surface area contributed by atoms with Gasteiger partial charge in [-0.3, -0.25) is 0 Å². The summed E-state index contributed by atoms with van der Waals surface area (Å²) < 4.78 is 49.1. The van der Waals surface area contributed by atoms with E-state index in [2.05, 4.69) is 368 Å². The Kier molecular flexibility index (Phi) is 16.9. The Morgan fingerprint density at radius 2 is 0.557 bits per heavy atom. The summed E-state index contributed by atoms with van der Waals surface area (Å²) in [6, 6.07) is 105. The summed E-state index contributed by atoms with van der Waals surface area (Å²) in [6.07, 6.45) is 0. The summed E-state index contributed by atoms with van der Waals surface area (Å²) in [5.74, 6) is 0. The van der Waals surface area contributed by atoms with Gasteiger partial charge in [0.2, 0.25) is 0 Å². The Balaban J connectivity index is 0.000000109. The molecule has 3 saturated heterocycles. The van der Waals surface area contributed by atoms with E-state index < -0.39 is 18.3 Å². The number of hydrogen-bond acceptors (Lipinski definition) is 10. The van der Waals surface area contributed by atoms with Crippen LogP contribution in [0.15, 0.2) is 285 Å². The molecule has 0 spiro atoms. The molecule has 3 aliphatic heterocycles. The number of hydrogen-bond donors (Lipinski definition) is 0. The fourth-order valence-corrected chi connectivity index (χ4v) is 21.9. The van der Waals surface area contributed by atoms with Gasteiger partial charge in [-0.2, -0.15) is 0 Å². The van der Waals surface area contributed by atoms with E-state index in [9.17, 15) is 0 Å². The second-order valence-electron chi connectivity index (χ2n) is 34.6. The third kappa shape index (κ3) is 12.2.